The van der Waals surface area contributed by atoms with Crippen molar-refractivity contribution in [3.63, 3.8) is 0 Å². The lowest BCUT2D eigenvalue weighted by Crippen LogP contribution is -1.92. The first-order chi connectivity index (χ1) is 9.60. The Morgan fingerprint density at radius 3 is 2.55 bits per heavy atom. The quantitative estimate of drug-likeness (QED) is 0.856. The maximum absolute atomic E-state index is 9.72. The molecule has 0 heterocycles. The van der Waals surface area contributed by atoms with Crippen molar-refractivity contribution in [3.8, 4) is 11.5 Å². The van der Waals surface area contributed by atoms with Crippen LogP contribution >= 0.6 is 11.6 Å². The number of hydrogen-bond acceptors (Lipinski definition) is 3. The molecule has 2 aromatic carbocycles. The molecule has 0 aliphatic heterocycles. The molecule has 0 saturated heterocycles. The zero-order chi connectivity index (χ0) is 14.5. The van der Waals surface area contributed by atoms with Crippen LogP contribution in [0.2, 0.25) is 5.02 Å². The zero-order valence-corrected chi connectivity index (χ0v) is 12.1. The smallest absolute Gasteiger partial charge is 0.124 e. The standard InChI is InChI=1S/C16H16ClNO2/c1-11(12-3-6-15(20-2)7-4-12)18-10-13-9-14(17)5-8-16(13)19/h3-11,19H,1-2H3/t11-/m1/s1. The fourth-order valence-corrected chi connectivity index (χ4v) is 1.97. The van der Waals surface area contributed by atoms with Crippen molar-refractivity contribution in [1.82, 2.24) is 0 Å². The molecule has 2 aromatic rings. The van der Waals surface area contributed by atoms with E-state index in [1.54, 1.807) is 31.5 Å². The second kappa shape index (κ2) is 6.44. The van der Waals surface area contributed by atoms with Crippen molar-refractivity contribution >= 4 is 17.8 Å². The summed E-state index contributed by atoms with van der Waals surface area (Å²) in [6, 6.07) is 12.6. The van der Waals surface area contributed by atoms with Crippen LogP contribution < -0.4 is 4.74 Å². The van der Waals surface area contributed by atoms with E-state index >= 15 is 0 Å². The molecule has 0 spiro atoms. The van der Waals surface area contributed by atoms with Crippen molar-refractivity contribution in [2.75, 3.05) is 7.11 Å². The molecule has 0 aromatic heterocycles. The summed E-state index contributed by atoms with van der Waals surface area (Å²) < 4.78 is 5.12. The third-order valence-electron chi connectivity index (χ3n) is 3.03. The van der Waals surface area contributed by atoms with E-state index in [0.717, 1.165) is 11.3 Å². The zero-order valence-electron chi connectivity index (χ0n) is 11.4. The molecule has 0 unspecified atom stereocenters. The summed E-state index contributed by atoms with van der Waals surface area (Å²) in [4.78, 5) is 4.44. The molecule has 0 saturated carbocycles. The van der Waals surface area contributed by atoms with E-state index in [0.29, 0.717) is 10.6 Å². The molecule has 2 rings (SSSR count). The molecule has 3 nitrogen and oxygen atoms in total. The Bertz CT molecular complexity index is 608. The summed E-state index contributed by atoms with van der Waals surface area (Å²) in [6.45, 7) is 1.99. The van der Waals surface area contributed by atoms with Gasteiger partial charge in [-0.05, 0) is 42.8 Å². The van der Waals surface area contributed by atoms with E-state index < -0.39 is 0 Å². The van der Waals surface area contributed by atoms with Crippen molar-refractivity contribution in [2.24, 2.45) is 4.99 Å². The number of hydrogen-bond donors (Lipinski definition) is 1. The van der Waals surface area contributed by atoms with Gasteiger partial charge >= 0.3 is 0 Å². The van der Waals surface area contributed by atoms with Crippen LogP contribution in [-0.2, 0) is 0 Å². The molecule has 0 radical (unpaired) electrons. The highest BCUT2D eigenvalue weighted by Crippen LogP contribution is 2.23. The number of ether oxygens (including phenoxy) is 1. The lowest BCUT2D eigenvalue weighted by molar-refractivity contribution is 0.414. The molecule has 0 aliphatic rings. The number of phenols is 1. The van der Waals surface area contributed by atoms with Gasteiger partial charge in [0, 0.05) is 16.8 Å². The van der Waals surface area contributed by atoms with Crippen LogP contribution in [0.3, 0.4) is 0 Å². The van der Waals surface area contributed by atoms with Gasteiger partial charge in [0.2, 0.25) is 0 Å². The van der Waals surface area contributed by atoms with Crippen molar-refractivity contribution in [2.45, 2.75) is 13.0 Å². The highest BCUT2D eigenvalue weighted by molar-refractivity contribution is 6.30. The van der Waals surface area contributed by atoms with Crippen LogP contribution in [0.4, 0.5) is 0 Å². The van der Waals surface area contributed by atoms with Gasteiger partial charge < -0.3 is 9.84 Å². The lowest BCUT2D eigenvalue weighted by Gasteiger charge is -2.08. The third kappa shape index (κ3) is 3.52. The minimum Gasteiger partial charge on any atom is -0.507 e. The van der Waals surface area contributed by atoms with Gasteiger partial charge in [-0.15, -0.1) is 0 Å². The van der Waals surface area contributed by atoms with Crippen molar-refractivity contribution in [3.05, 3.63) is 58.6 Å². The topological polar surface area (TPSA) is 41.8 Å². The van der Waals surface area contributed by atoms with E-state index in [-0.39, 0.29) is 11.8 Å². The predicted molar refractivity (Wildman–Crippen MR) is 82.1 cm³/mol. The molecule has 0 bridgehead atoms. The van der Waals surface area contributed by atoms with Crippen LogP contribution in [-0.4, -0.2) is 18.4 Å². The molecule has 0 amide bonds. The number of nitrogens with zero attached hydrogens (tertiary/aromatic N) is 1. The van der Waals surface area contributed by atoms with Gasteiger partial charge in [-0.25, -0.2) is 0 Å². The summed E-state index contributed by atoms with van der Waals surface area (Å²) >= 11 is 5.90. The van der Waals surface area contributed by atoms with E-state index in [9.17, 15) is 5.11 Å². The number of aliphatic imine (C=N–C) groups is 1. The molecule has 104 valence electrons. The molecule has 4 heteroatoms. The Morgan fingerprint density at radius 1 is 1.20 bits per heavy atom. The molecule has 1 atom stereocenters. The first-order valence-electron chi connectivity index (χ1n) is 6.26. The fourth-order valence-electron chi connectivity index (χ4n) is 1.79. The summed E-state index contributed by atoms with van der Waals surface area (Å²) in [5.74, 6) is 0.984. The van der Waals surface area contributed by atoms with Crippen molar-refractivity contribution < 1.29 is 9.84 Å². The Labute approximate surface area is 123 Å². The van der Waals surface area contributed by atoms with Crippen LogP contribution in [0.25, 0.3) is 0 Å². The number of benzene rings is 2. The van der Waals surface area contributed by atoms with E-state index in [2.05, 4.69) is 4.99 Å². The van der Waals surface area contributed by atoms with Crippen LogP contribution in [0.15, 0.2) is 47.5 Å². The van der Waals surface area contributed by atoms with E-state index in [4.69, 9.17) is 16.3 Å². The normalized spacial score (nSPS) is 12.6. The number of aromatic hydroxyl groups is 1. The predicted octanol–water partition coefficient (Wildman–Crippen LogP) is 4.23. The van der Waals surface area contributed by atoms with Crippen LogP contribution in [0.5, 0.6) is 11.5 Å². The molecule has 20 heavy (non-hydrogen) atoms. The molecular weight excluding hydrogens is 274 g/mol. The number of phenolic OH excluding ortho intramolecular Hbond substituents is 1. The Hall–Kier alpha value is -2.00. The number of halogens is 1. The number of rotatable bonds is 4. The second-order valence-electron chi connectivity index (χ2n) is 4.43. The fraction of sp³-hybridized carbons (Fsp3) is 0.188. The van der Waals surface area contributed by atoms with Gasteiger partial charge in [0.25, 0.3) is 0 Å². The summed E-state index contributed by atoms with van der Waals surface area (Å²) in [6.07, 6.45) is 1.64. The highest BCUT2D eigenvalue weighted by Gasteiger charge is 2.04. The first kappa shape index (κ1) is 14.4. The minimum atomic E-state index is -0.0145. The molecular formula is C16H16ClNO2. The average Bonchev–Trinajstić information content (AvgIpc) is 2.48. The lowest BCUT2D eigenvalue weighted by atomic mass is 10.1. The third-order valence-corrected chi connectivity index (χ3v) is 3.26. The monoisotopic (exact) mass is 289 g/mol. The maximum Gasteiger partial charge on any atom is 0.124 e. The number of methoxy groups -OCH3 is 1. The van der Waals surface area contributed by atoms with Gasteiger partial charge in [-0.2, -0.15) is 0 Å². The Morgan fingerprint density at radius 2 is 1.90 bits per heavy atom. The van der Waals surface area contributed by atoms with Crippen LogP contribution in [0, 0.1) is 0 Å². The summed E-state index contributed by atoms with van der Waals surface area (Å²) in [5, 5.41) is 10.3. The SMILES string of the molecule is COc1ccc([C@@H](C)N=Cc2cc(Cl)ccc2O)cc1. The maximum atomic E-state index is 9.72. The summed E-state index contributed by atoms with van der Waals surface area (Å²) in [7, 11) is 1.64. The van der Waals surface area contributed by atoms with Crippen molar-refractivity contribution in [1.29, 1.82) is 0 Å². The van der Waals surface area contributed by atoms with Gasteiger partial charge in [0.15, 0.2) is 0 Å². The van der Waals surface area contributed by atoms with Gasteiger partial charge in [-0.3, -0.25) is 4.99 Å². The van der Waals surface area contributed by atoms with E-state index in [1.807, 2.05) is 31.2 Å². The Balaban J connectivity index is 2.15. The van der Waals surface area contributed by atoms with Crippen LogP contribution in [0.1, 0.15) is 24.1 Å². The molecule has 0 aliphatic carbocycles. The van der Waals surface area contributed by atoms with Gasteiger partial charge in [-0.1, -0.05) is 23.7 Å². The largest absolute Gasteiger partial charge is 0.507 e. The Kier molecular flexibility index (Phi) is 4.64. The second-order valence-corrected chi connectivity index (χ2v) is 4.87. The van der Waals surface area contributed by atoms with E-state index in [1.165, 1.54) is 0 Å². The highest BCUT2D eigenvalue weighted by atomic mass is 35.5. The van der Waals surface area contributed by atoms with Gasteiger partial charge in [0.05, 0.1) is 13.2 Å². The minimum absolute atomic E-state index is 0.0145. The average molecular weight is 290 g/mol. The first-order valence-corrected chi connectivity index (χ1v) is 6.63. The summed E-state index contributed by atoms with van der Waals surface area (Å²) in [5.41, 5.74) is 1.68. The molecule has 1 N–H and O–H groups in total. The van der Waals surface area contributed by atoms with Gasteiger partial charge in [0.1, 0.15) is 11.5 Å². The molecule has 0 fully saturated rings.